The van der Waals surface area contributed by atoms with Gasteiger partial charge in [-0.3, -0.25) is 4.79 Å². The molecule has 1 N–H and O–H groups in total. The van der Waals surface area contributed by atoms with E-state index in [2.05, 4.69) is 25.7 Å². The fourth-order valence-electron chi connectivity index (χ4n) is 5.90. The molecule has 1 amide bonds. The van der Waals surface area contributed by atoms with Crippen molar-refractivity contribution in [1.29, 1.82) is 0 Å². The lowest BCUT2D eigenvalue weighted by Gasteiger charge is -2.65. The summed E-state index contributed by atoms with van der Waals surface area (Å²) in [5.41, 5.74) is 0.999. The number of carbonyl (C=O) groups excluding carboxylic acids is 1. The van der Waals surface area contributed by atoms with E-state index in [0.29, 0.717) is 10.8 Å². The van der Waals surface area contributed by atoms with Gasteiger partial charge in [0.25, 0.3) is 0 Å². The minimum atomic E-state index is 0.0131. The number of hydrogen-bond acceptors (Lipinski definition) is 1. The Labute approximate surface area is 104 Å². The van der Waals surface area contributed by atoms with Crippen molar-refractivity contribution in [3.63, 3.8) is 0 Å². The summed E-state index contributed by atoms with van der Waals surface area (Å²) in [6.07, 6.45) is 9.04. The number of carbonyl (C=O) groups is 1. The Morgan fingerprint density at radius 1 is 1.18 bits per heavy atom. The Bertz CT molecular complexity index is 368. The second kappa shape index (κ2) is 3.15. The molecule has 17 heavy (non-hydrogen) atoms. The molecule has 2 unspecified atom stereocenters. The maximum absolute atomic E-state index is 11.7. The van der Waals surface area contributed by atoms with Crippen molar-refractivity contribution >= 4 is 5.91 Å². The van der Waals surface area contributed by atoms with Gasteiger partial charge in [0.1, 0.15) is 0 Å². The van der Waals surface area contributed by atoms with Crippen LogP contribution in [0.2, 0.25) is 0 Å². The van der Waals surface area contributed by atoms with E-state index < -0.39 is 0 Å². The quantitative estimate of drug-likeness (QED) is 0.730. The van der Waals surface area contributed by atoms with Crippen LogP contribution in [0.4, 0.5) is 0 Å². The van der Waals surface area contributed by atoms with E-state index in [-0.39, 0.29) is 11.4 Å². The first kappa shape index (κ1) is 11.3. The van der Waals surface area contributed by atoms with Crippen molar-refractivity contribution in [2.24, 2.45) is 16.7 Å². The van der Waals surface area contributed by atoms with Gasteiger partial charge in [0.05, 0.1) is 0 Å². The van der Waals surface area contributed by atoms with Crippen LogP contribution in [0.3, 0.4) is 0 Å². The van der Waals surface area contributed by atoms with Gasteiger partial charge in [0.15, 0.2) is 0 Å². The highest BCUT2D eigenvalue weighted by molar-refractivity contribution is 5.87. The van der Waals surface area contributed by atoms with Gasteiger partial charge in [-0.1, -0.05) is 20.4 Å². The molecule has 4 bridgehead atoms. The molecule has 2 nitrogen and oxygen atoms in total. The van der Waals surface area contributed by atoms with Crippen molar-refractivity contribution < 1.29 is 4.79 Å². The van der Waals surface area contributed by atoms with E-state index in [1.54, 1.807) is 0 Å². The van der Waals surface area contributed by atoms with Gasteiger partial charge >= 0.3 is 0 Å². The molecule has 0 saturated heterocycles. The molecule has 0 aromatic rings. The van der Waals surface area contributed by atoms with Crippen molar-refractivity contribution in [2.45, 2.75) is 57.9 Å². The predicted molar refractivity (Wildman–Crippen MR) is 68.5 cm³/mol. The molecule has 0 aliphatic heterocycles. The highest BCUT2D eigenvalue weighted by Gasteiger charge is 2.60. The summed E-state index contributed by atoms with van der Waals surface area (Å²) in [4.78, 5) is 11.7. The maximum Gasteiger partial charge on any atom is 0.243 e. The van der Waals surface area contributed by atoms with E-state index in [9.17, 15) is 4.79 Å². The van der Waals surface area contributed by atoms with Gasteiger partial charge in [0.2, 0.25) is 5.91 Å². The lowest BCUT2D eigenvalue weighted by atomic mass is 9.43. The second-order valence-electron chi connectivity index (χ2n) is 7.60. The molecule has 2 heteroatoms. The maximum atomic E-state index is 11.7. The normalized spacial score (nSPS) is 51.3. The van der Waals surface area contributed by atoms with Crippen LogP contribution < -0.4 is 5.32 Å². The Balaban J connectivity index is 1.92. The zero-order chi connectivity index (χ0) is 12.3. The zero-order valence-electron chi connectivity index (χ0n) is 11.0. The van der Waals surface area contributed by atoms with Crippen LogP contribution in [0.25, 0.3) is 0 Å². The average Bonchev–Trinajstić information content (AvgIpc) is 2.10. The molecule has 0 spiro atoms. The van der Waals surface area contributed by atoms with Crippen LogP contribution >= 0.6 is 0 Å². The lowest BCUT2D eigenvalue weighted by Crippen LogP contribution is -2.64. The van der Waals surface area contributed by atoms with E-state index in [1.807, 2.05) is 0 Å². The van der Waals surface area contributed by atoms with Crippen molar-refractivity contribution in [2.75, 3.05) is 0 Å². The highest BCUT2D eigenvalue weighted by atomic mass is 16.1. The van der Waals surface area contributed by atoms with Gasteiger partial charge in [0, 0.05) is 5.54 Å². The first-order chi connectivity index (χ1) is 7.86. The van der Waals surface area contributed by atoms with Crippen LogP contribution in [0, 0.1) is 16.7 Å². The second-order valence-corrected chi connectivity index (χ2v) is 7.60. The van der Waals surface area contributed by atoms with Crippen LogP contribution in [-0.2, 0) is 4.79 Å². The molecule has 0 radical (unpaired) electrons. The summed E-state index contributed by atoms with van der Waals surface area (Å²) in [6, 6.07) is 0. The summed E-state index contributed by atoms with van der Waals surface area (Å²) in [7, 11) is 0. The molecule has 4 saturated carbocycles. The van der Waals surface area contributed by atoms with Crippen molar-refractivity contribution in [3.05, 3.63) is 12.7 Å². The number of rotatable bonds is 2. The molecular weight excluding hydrogens is 210 g/mol. The predicted octanol–water partition coefficient (Wildman–Crippen LogP) is 3.04. The molecule has 4 fully saturated rings. The summed E-state index contributed by atoms with van der Waals surface area (Å²) in [5, 5.41) is 3.27. The smallest absolute Gasteiger partial charge is 0.243 e. The third kappa shape index (κ3) is 1.73. The topological polar surface area (TPSA) is 29.1 Å². The first-order valence-electron chi connectivity index (χ1n) is 6.81. The molecule has 0 aromatic heterocycles. The summed E-state index contributed by atoms with van der Waals surface area (Å²) >= 11 is 0. The van der Waals surface area contributed by atoms with E-state index >= 15 is 0 Å². The van der Waals surface area contributed by atoms with Crippen LogP contribution in [-0.4, -0.2) is 11.4 Å². The van der Waals surface area contributed by atoms with E-state index in [1.165, 1.54) is 44.6 Å². The first-order valence-corrected chi connectivity index (χ1v) is 6.81. The van der Waals surface area contributed by atoms with Crippen LogP contribution in [0.15, 0.2) is 12.7 Å². The van der Waals surface area contributed by atoms with Gasteiger partial charge < -0.3 is 5.32 Å². The Kier molecular flexibility index (Phi) is 2.10. The largest absolute Gasteiger partial charge is 0.347 e. The van der Waals surface area contributed by atoms with Gasteiger partial charge in [-0.25, -0.2) is 0 Å². The Morgan fingerprint density at radius 3 is 2.24 bits per heavy atom. The molecule has 0 aromatic carbocycles. The third-order valence-corrected chi connectivity index (χ3v) is 5.20. The molecule has 4 aliphatic rings. The van der Waals surface area contributed by atoms with Gasteiger partial charge in [-0.05, 0) is 61.3 Å². The summed E-state index contributed by atoms with van der Waals surface area (Å²) < 4.78 is 0. The van der Waals surface area contributed by atoms with Gasteiger partial charge in [-0.15, -0.1) is 0 Å². The Hall–Kier alpha value is -0.790. The highest BCUT2D eigenvalue weighted by Crippen LogP contribution is 2.66. The summed E-state index contributed by atoms with van der Waals surface area (Å²) in [6.45, 7) is 8.42. The van der Waals surface area contributed by atoms with Crippen molar-refractivity contribution in [3.8, 4) is 0 Å². The van der Waals surface area contributed by atoms with E-state index in [4.69, 9.17) is 0 Å². The standard InChI is InChI=1S/C15H23NO/c1-4-12(17)16-15-7-11-5-13(2,9-15)8-14(3,6-11)10-15/h4,11H,1,5-10H2,2-3H3,(H,16,17). The monoisotopic (exact) mass is 233 g/mol. The molecule has 0 heterocycles. The van der Waals surface area contributed by atoms with Crippen molar-refractivity contribution in [1.82, 2.24) is 5.32 Å². The van der Waals surface area contributed by atoms with Crippen LogP contribution in [0.5, 0.6) is 0 Å². The molecular formula is C15H23NO. The fraction of sp³-hybridized carbons (Fsp3) is 0.800. The number of hydrogen-bond donors (Lipinski definition) is 1. The fourth-order valence-corrected chi connectivity index (χ4v) is 5.90. The van der Waals surface area contributed by atoms with E-state index in [0.717, 1.165) is 5.92 Å². The minimum Gasteiger partial charge on any atom is -0.347 e. The summed E-state index contributed by atoms with van der Waals surface area (Å²) in [5.74, 6) is 0.838. The van der Waals surface area contributed by atoms with Crippen LogP contribution in [0.1, 0.15) is 52.4 Å². The SMILES string of the molecule is C=CC(=O)NC12CC3CC(C)(CC(C)(C3)C1)C2. The molecule has 4 aliphatic carbocycles. The number of amides is 1. The molecule has 94 valence electrons. The average molecular weight is 233 g/mol. The molecule has 2 atom stereocenters. The van der Waals surface area contributed by atoms with Gasteiger partial charge in [-0.2, -0.15) is 0 Å². The molecule has 4 rings (SSSR count). The lowest BCUT2D eigenvalue weighted by molar-refractivity contribution is -0.136. The Morgan fingerprint density at radius 2 is 1.76 bits per heavy atom. The third-order valence-electron chi connectivity index (χ3n) is 5.20. The number of nitrogens with one attached hydrogen (secondary N) is 1. The zero-order valence-corrected chi connectivity index (χ0v) is 11.0. The minimum absolute atomic E-state index is 0.0131.